The smallest absolute Gasteiger partial charge is 0.0944 e. The largest absolute Gasteiger partial charge is 0.193 e. The van der Waals surface area contributed by atoms with E-state index in [1.54, 1.807) is 0 Å². The van der Waals surface area contributed by atoms with Crippen molar-refractivity contribution in [3.8, 4) is 12.1 Å². The van der Waals surface area contributed by atoms with Crippen LogP contribution < -0.4 is 0 Å². The summed E-state index contributed by atoms with van der Waals surface area (Å²) in [7, 11) is 0. The Hall–Kier alpha value is -1.54. The maximum absolute atomic E-state index is 8.99. The Morgan fingerprint density at radius 3 is 2.07 bits per heavy atom. The molecular formula is C13H12N2. The van der Waals surface area contributed by atoms with Gasteiger partial charge in [-0.2, -0.15) is 10.5 Å². The maximum atomic E-state index is 8.99. The molecule has 0 amide bonds. The van der Waals surface area contributed by atoms with Gasteiger partial charge in [0.1, 0.15) is 0 Å². The van der Waals surface area contributed by atoms with E-state index in [-0.39, 0.29) is 10.8 Å². The third kappa shape index (κ3) is 0.876. The molecule has 2 heteroatoms. The van der Waals surface area contributed by atoms with Gasteiger partial charge in [0.2, 0.25) is 0 Å². The predicted octanol–water partition coefficient (Wildman–Crippen LogP) is 2.85. The normalized spacial score (nSPS) is 41.2. The van der Waals surface area contributed by atoms with Crippen molar-refractivity contribution in [3.63, 3.8) is 0 Å². The van der Waals surface area contributed by atoms with E-state index in [1.807, 2.05) is 0 Å². The fraction of sp³-hybridized carbons (Fsp3) is 0.538. The molecule has 0 aromatic heterocycles. The van der Waals surface area contributed by atoms with Gasteiger partial charge in [0.15, 0.2) is 0 Å². The lowest BCUT2D eigenvalue weighted by Crippen LogP contribution is -2.26. The minimum Gasteiger partial charge on any atom is -0.193 e. The number of nitriles is 2. The average molecular weight is 196 g/mol. The number of hydrogen-bond acceptors (Lipinski definition) is 2. The highest BCUT2D eigenvalue weighted by Gasteiger charge is 2.59. The van der Waals surface area contributed by atoms with E-state index in [0.717, 1.165) is 30.4 Å². The van der Waals surface area contributed by atoms with Crippen molar-refractivity contribution in [1.82, 2.24) is 0 Å². The summed E-state index contributed by atoms with van der Waals surface area (Å²) in [6.07, 6.45) is 9.62. The van der Waals surface area contributed by atoms with E-state index < -0.39 is 0 Å². The van der Waals surface area contributed by atoms with Gasteiger partial charge < -0.3 is 0 Å². The van der Waals surface area contributed by atoms with Crippen LogP contribution in [0.25, 0.3) is 0 Å². The quantitative estimate of drug-likeness (QED) is 0.598. The summed E-state index contributed by atoms with van der Waals surface area (Å²) in [6, 6.07) is 4.58. The van der Waals surface area contributed by atoms with Crippen molar-refractivity contribution >= 4 is 0 Å². The zero-order valence-corrected chi connectivity index (χ0v) is 8.58. The number of allylic oxidation sites excluding steroid dienone is 4. The summed E-state index contributed by atoms with van der Waals surface area (Å²) in [5.41, 5.74) is 2.15. The molecule has 0 aliphatic heterocycles. The molecule has 0 N–H and O–H groups in total. The van der Waals surface area contributed by atoms with Crippen molar-refractivity contribution in [3.05, 3.63) is 23.3 Å². The van der Waals surface area contributed by atoms with Gasteiger partial charge in [0, 0.05) is 16.6 Å². The van der Waals surface area contributed by atoms with Crippen LogP contribution in [0.15, 0.2) is 23.3 Å². The third-order valence-electron chi connectivity index (χ3n) is 4.44. The molecule has 0 bridgehead atoms. The fourth-order valence-electron chi connectivity index (χ4n) is 3.87. The first-order chi connectivity index (χ1) is 7.24. The Morgan fingerprint density at radius 2 is 1.60 bits per heavy atom. The second-order valence-corrected chi connectivity index (χ2v) is 5.09. The second-order valence-electron chi connectivity index (χ2n) is 5.09. The van der Waals surface area contributed by atoms with E-state index in [9.17, 15) is 0 Å². The Kier molecular flexibility index (Phi) is 1.47. The zero-order chi connectivity index (χ0) is 10.5. The Labute approximate surface area is 89.5 Å². The van der Waals surface area contributed by atoms with Gasteiger partial charge in [-0.25, -0.2) is 0 Å². The highest BCUT2D eigenvalue weighted by atomic mass is 14.6. The van der Waals surface area contributed by atoms with Crippen LogP contribution in [0.3, 0.4) is 0 Å². The van der Waals surface area contributed by atoms with Crippen LogP contribution in [0.5, 0.6) is 0 Å². The zero-order valence-electron chi connectivity index (χ0n) is 8.58. The molecule has 2 nitrogen and oxygen atoms in total. The lowest BCUT2D eigenvalue weighted by Gasteiger charge is -2.32. The van der Waals surface area contributed by atoms with E-state index in [2.05, 4.69) is 24.3 Å². The summed E-state index contributed by atoms with van der Waals surface area (Å²) in [6.45, 7) is 0. The Balaban J connectivity index is 2.13. The summed E-state index contributed by atoms with van der Waals surface area (Å²) >= 11 is 0. The highest BCUT2D eigenvalue weighted by Crippen LogP contribution is 2.68. The van der Waals surface area contributed by atoms with Crippen molar-refractivity contribution in [1.29, 1.82) is 10.5 Å². The SMILES string of the molecule is N#CC1=CC23C=C(C#N)CC2(CCC3)C1. The lowest BCUT2D eigenvalue weighted by atomic mass is 9.70. The summed E-state index contributed by atoms with van der Waals surface area (Å²) in [4.78, 5) is 0. The highest BCUT2D eigenvalue weighted by molar-refractivity contribution is 5.47. The van der Waals surface area contributed by atoms with Gasteiger partial charge in [-0.3, -0.25) is 0 Å². The van der Waals surface area contributed by atoms with Crippen LogP contribution in [0.1, 0.15) is 32.1 Å². The number of nitrogens with zero attached hydrogens (tertiary/aromatic N) is 2. The van der Waals surface area contributed by atoms with Crippen molar-refractivity contribution in [2.45, 2.75) is 32.1 Å². The van der Waals surface area contributed by atoms with Gasteiger partial charge in [0.25, 0.3) is 0 Å². The van der Waals surface area contributed by atoms with Crippen LogP contribution in [-0.2, 0) is 0 Å². The van der Waals surface area contributed by atoms with Gasteiger partial charge in [-0.05, 0) is 31.1 Å². The first kappa shape index (κ1) is 8.74. The topological polar surface area (TPSA) is 47.6 Å². The second kappa shape index (κ2) is 2.52. The fourth-order valence-corrected chi connectivity index (χ4v) is 3.87. The Bertz CT molecular complexity index is 434. The summed E-state index contributed by atoms with van der Waals surface area (Å²) in [5.74, 6) is 0. The molecule has 1 saturated carbocycles. The first-order valence-electron chi connectivity index (χ1n) is 5.47. The molecule has 0 saturated heterocycles. The minimum atomic E-state index is 0.0725. The summed E-state index contributed by atoms with van der Waals surface area (Å²) in [5, 5.41) is 18.0. The summed E-state index contributed by atoms with van der Waals surface area (Å²) < 4.78 is 0. The van der Waals surface area contributed by atoms with Crippen LogP contribution in [-0.4, -0.2) is 0 Å². The van der Waals surface area contributed by atoms with Crippen LogP contribution in [0.2, 0.25) is 0 Å². The molecule has 0 spiro atoms. The minimum absolute atomic E-state index is 0.0725. The van der Waals surface area contributed by atoms with Gasteiger partial charge in [-0.1, -0.05) is 18.6 Å². The van der Waals surface area contributed by atoms with E-state index in [0.29, 0.717) is 0 Å². The van der Waals surface area contributed by atoms with Crippen LogP contribution >= 0.6 is 0 Å². The molecule has 0 unspecified atom stereocenters. The molecule has 0 heterocycles. The van der Waals surface area contributed by atoms with E-state index >= 15 is 0 Å². The Morgan fingerprint density at radius 1 is 1.00 bits per heavy atom. The van der Waals surface area contributed by atoms with Crippen molar-refractivity contribution < 1.29 is 0 Å². The molecule has 3 aliphatic carbocycles. The predicted molar refractivity (Wildman–Crippen MR) is 55.3 cm³/mol. The molecule has 0 aromatic carbocycles. The molecule has 3 aliphatic rings. The molecular weight excluding hydrogens is 184 g/mol. The van der Waals surface area contributed by atoms with E-state index in [4.69, 9.17) is 10.5 Å². The van der Waals surface area contributed by atoms with E-state index in [1.165, 1.54) is 12.8 Å². The lowest BCUT2D eigenvalue weighted by molar-refractivity contribution is 0.214. The maximum Gasteiger partial charge on any atom is 0.0944 e. The monoisotopic (exact) mass is 196 g/mol. The molecule has 3 rings (SSSR count). The average Bonchev–Trinajstić information content (AvgIpc) is 2.73. The molecule has 0 aromatic rings. The number of hydrogen-bond donors (Lipinski definition) is 0. The third-order valence-corrected chi connectivity index (χ3v) is 4.44. The van der Waals surface area contributed by atoms with Gasteiger partial charge in [-0.15, -0.1) is 0 Å². The standard InChI is InChI=1S/C13H12N2/c14-8-10-4-12-2-1-3-13(12,6-10)7-11(5-12)9-15/h4-5H,1-3,6-7H2. The van der Waals surface area contributed by atoms with Gasteiger partial charge in [0.05, 0.1) is 12.1 Å². The van der Waals surface area contributed by atoms with Crippen LogP contribution in [0, 0.1) is 33.5 Å². The molecule has 74 valence electrons. The van der Waals surface area contributed by atoms with Crippen LogP contribution in [0.4, 0.5) is 0 Å². The van der Waals surface area contributed by atoms with Gasteiger partial charge >= 0.3 is 0 Å². The first-order valence-corrected chi connectivity index (χ1v) is 5.47. The van der Waals surface area contributed by atoms with Crippen molar-refractivity contribution in [2.75, 3.05) is 0 Å². The number of rotatable bonds is 0. The molecule has 0 atom stereocenters. The van der Waals surface area contributed by atoms with Crippen molar-refractivity contribution in [2.24, 2.45) is 10.8 Å². The molecule has 15 heavy (non-hydrogen) atoms. The molecule has 0 radical (unpaired) electrons. The molecule has 1 fully saturated rings.